The first-order valence-corrected chi connectivity index (χ1v) is 8.00. The van der Waals surface area contributed by atoms with Crippen LogP contribution in [0.5, 0.6) is 0 Å². The van der Waals surface area contributed by atoms with Crippen LogP contribution in [0.25, 0.3) is 0 Å². The minimum absolute atomic E-state index is 0.299. The van der Waals surface area contributed by atoms with Gasteiger partial charge in [-0.1, -0.05) is 41.9 Å². The molecule has 0 bridgehead atoms. The fourth-order valence-corrected chi connectivity index (χ4v) is 3.57. The zero-order valence-corrected chi connectivity index (χ0v) is 13.3. The minimum Gasteiger partial charge on any atom is -0.206 e. The van der Waals surface area contributed by atoms with Crippen LogP contribution in [0.3, 0.4) is 0 Å². The van der Waals surface area contributed by atoms with Gasteiger partial charge in [0.1, 0.15) is 5.82 Å². The maximum atomic E-state index is 13.4. The first-order valence-electron chi connectivity index (χ1n) is 6.83. The van der Waals surface area contributed by atoms with Crippen molar-refractivity contribution in [3.05, 3.63) is 68.9 Å². The monoisotopic (exact) mass is 352 g/mol. The summed E-state index contributed by atoms with van der Waals surface area (Å²) in [4.78, 5) is 0. The minimum atomic E-state index is -0.299. The molecule has 2 atom stereocenters. The molecule has 0 spiro atoms. The summed E-state index contributed by atoms with van der Waals surface area (Å²) >= 11 is 9.40. The predicted octanol–water partition coefficient (Wildman–Crippen LogP) is 5.98. The van der Waals surface area contributed by atoms with E-state index in [1.807, 2.05) is 12.1 Å². The van der Waals surface area contributed by atoms with Crippen LogP contribution in [0.1, 0.15) is 29.9 Å². The van der Waals surface area contributed by atoms with Crippen molar-refractivity contribution in [2.45, 2.75) is 25.2 Å². The molecule has 0 aromatic heterocycles. The second kappa shape index (κ2) is 5.87. The lowest BCUT2D eigenvalue weighted by atomic mass is 9.67. The molecule has 3 rings (SSSR count). The summed E-state index contributed by atoms with van der Waals surface area (Å²) < 4.78 is 13.9. The largest absolute Gasteiger partial charge is 0.206 e. The van der Waals surface area contributed by atoms with E-state index in [4.69, 9.17) is 11.6 Å². The van der Waals surface area contributed by atoms with Gasteiger partial charge in [-0.05, 0) is 70.3 Å². The summed E-state index contributed by atoms with van der Waals surface area (Å²) in [6, 6.07) is 13.8. The van der Waals surface area contributed by atoms with Crippen LogP contribution in [0.15, 0.2) is 46.9 Å². The van der Waals surface area contributed by atoms with Gasteiger partial charge in [0.15, 0.2) is 0 Å². The van der Waals surface area contributed by atoms with Gasteiger partial charge in [0.25, 0.3) is 0 Å². The zero-order chi connectivity index (χ0) is 14.1. The molecule has 0 heterocycles. The summed E-state index contributed by atoms with van der Waals surface area (Å²) in [7, 11) is 0. The standard InChI is InChI=1S/C17H15BrClF/c18-15-9-13(16(19)10-17(15)20)8-12-6-7-14(12)11-4-2-1-3-5-11/h1-5,9-10,12,14H,6-8H2. The highest BCUT2D eigenvalue weighted by molar-refractivity contribution is 9.10. The van der Waals surface area contributed by atoms with Crippen molar-refractivity contribution >= 4 is 27.5 Å². The molecule has 2 aromatic rings. The molecule has 0 amide bonds. The second-order valence-corrected chi connectivity index (χ2v) is 6.68. The van der Waals surface area contributed by atoms with Crippen molar-refractivity contribution < 1.29 is 4.39 Å². The summed E-state index contributed by atoms with van der Waals surface area (Å²) in [5, 5.41) is 0.532. The average molecular weight is 354 g/mol. The van der Waals surface area contributed by atoms with E-state index in [0.29, 0.717) is 21.3 Å². The molecule has 0 radical (unpaired) electrons. The Morgan fingerprint density at radius 2 is 1.90 bits per heavy atom. The SMILES string of the molecule is Fc1cc(Cl)c(CC2CCC2c2ccccc2)cc1Br. The average Bonchev–Trinajstić information content (AvgIpc) is 2.41. The quantitative estimate of drug-likeness (QED) is 0.596. The smallest absolute Gasteiger partial charge is 0.138 e. The van der Waals surface area contributed by atoms with E-state index in [1.54, 1.807) is 0 Å². The van der Waals surface area contributed by atoms with Gasteiger partial charge in [-0.2, -0.15) is 0 Å². The predicted molar refractivity (Wildman–Crippen MR) is 84.7 cm³/mol. The van der Waals surface area contributed by atoms with Gasteiger partial charge in [-0.15, -0.1) is 0 Å². The van der Waals surface area contributed by atoms with E-state index in [-0.39, 0.29) is 5.82 Å². The van der Waals surface area contributed by atoms with Crippen LogP contribution in [0.4, 0.5) is 4.39 Å². The molecule has 1 fully saturated rings. The van der Waals surface area contributed by atoms with Crippen molar-refractivity contribution in [3.8, 4) is 0 Å². The summed E-state index contributed by atoms with van der Waals surface area (Å²) in [5.74, 6) is 0.912. The first-order chi connectivity index (χ1) is 9.65. The van der Waals surface area contributed by atoms with Gasteiger partial charge < -0.3 is 0 Å². The van der Waals surface area contributed by atoms with Gasteiger partial charge in [-0.25, -0.2) is 4.39 Å². The van der Waals surface area contributed by atoms with Crippen LogP contribution in [0.2, 0.25) is 5.02 Å². The van der Waals surface area contributed by atoms with E-state index < -0.39 is 0 Å². The lowest BCUT2D eigenvalue weighted by Gasteiger charge is -2.37. The summed E-state index contributed by atoms with van der Waals surface area (Å²) in [5.41, 5.74) is 2.44. The number of halogens is 3. The molecule has 20 heavy (non-hydrogen) atoms. The van der Waals surface area contributed by atoms with Crippen molar-refractivity contribution in [2.24, 2.45) is 5.92 Å². The molecular formula is C17H15BrClF. The highest BCUT2D eigenvalue weighted by Gasteiger charge is 2.32. The van der Waals surface area contributed by atoms with Gasteiger partial charge in [0.05, 0.1) is 4.47 Å². The van der Waals surface area contributed by atoms with Crippen molar-refractivity contribution in [2.75, 3.05) is 0 Å². The van der Waals surface area contributed by atoms with Crippen molar-refractivity contribution in [1.29, 1.82) is 0 Å². The molecule has 1 aliphatic rings. The van der Waals surface area contributed by atoms with Crippen LogP contribution < -0.4 is 0 Å². The molecule has 3 heteroatoms. The van der Waals surface area contributed by atoms with E-state index in [1.165, 1.54) is 24.5 Å². The Morgan fingerprint density at radius 1 is 1.15 bits per heavy atom. The van der Waals surface area contributed by atoms with Gasteiger partial charge >= 0.3 is 0 Å². The molecular weight excluding hydrogens is 339 g/mol. The third-order valence-electron chi connectivity index (χ3n) is 4.22. The molecule has 2 unspecified atom stereocenters. The van der Waals surface area contributed by atoms with E-state index in [0.717, 1.165) is 12.0 Å². The zero-order valence-electron chi connectivity index (χ0n) is 11.0. The van der Waals surface area contributed by atoms with Crippen LogP contribution in [0, 0.1) is 11.7 Å². The molecule has 0 saturated heterocycles. The summed E-state index contributed by atoms with van der Waals surface area (Å²) in [6.07, 6.45) is 3.36. The van der Waals surface area contributed by atoms with E-state index >= 15 is 0 Å². The fourth-order valence-electron chi connectivity index (χ4n) is 2.96. The Hall–Kier alpha value is -0.860. The van der Waals surface area contributed by atoms with Gasteiger partial charge in [0, 0.05) is 5.02 Å². The third-order valence-corrected chi connectivity index (χ3v) is 5.18. The maximum Gasteiger partial charge on any atom is 0.138 e. The van der Waals surface area contributed by atoms with Crippen LogP contribution >= 0.6 is 27.5 Å². The highest BCUT2D eigenvalue weighted by atomic mass is 79.9. The van der Waals surface area contributed by atoms with Crippen molar-refractivity contribution in [3.63, 3.8) is 0 Å². The molecule has 0 aliphatic heterocycles. The van der Waals surface area contributed by atoms with Gasteiger partial charge in [0.2, 0.25) is 0 Å². The Kier molecular flexibility index (Phi) is 4.13. The Morgan fingerprint density at radius 3 is 2.55 bits per heavy atom. The Balaban J connectivity index is 1.77. The Bertz CT molecular complexity index is 612. The number of benzene rings is 2. The lowest BCUT2D eigenvalue weighted by molar-refractivity contribution is 0.253. The van der Waals surface area contributed by atoms with Crippen LogP contribution in [-0.2, 0) is 6.42 Å². The van der Waals surface area contributed by atoms with E-state index in [2.05, 4.69) is 40.2 Å². The second-order valence-electron chi connectivity index (χ2n) is 5.42. The lowest BCUT2D eigenvalue weighted by Crippen LogP contribution is -2.25. The summed E-state index contributed by atoms with van der Waals surface area (Å²) in [6.45, 7) is 0. The molecule has 1 saturated carbocycles. The van der Waals surface area contributed by atoms with Gasteiger partial charge in [-0.3, -0.25) is 0 Å². The molecule has 2 aromatic carbocycles. The Labute approximate surface area is 132 Å². The topological polar surface area (TPSA) is 0 Å². The molecule has 0 N–H and O–H groups in total. The molecule has 1 aliphatic carbocycles. The normalized spacial score (nSPS) is 21.6. The van der Waals surface area contributed by atoms with E-state index in [9.17, 15) is 4.39 Å². The van der Waals surface area contributed by atoms with Crippen LogP contribution in [-0.4, -0.2) is 0 Å². The highest BCUT2D eigenvalue weighted by Crippen LogP contribution is 2.45. The number of hydrogen-bond acceptors (Lipinski definition) is 0. The third kappa shape index (κ3) is 2.77. The van der Waals surface area contributed by atoms with Crippen molar-refractivity contribution in [1.82, 2.24) is 0 Å². The number of rotatable bonds is 3. The molecule has 0 nitrogen and oxygen atoms in total. The molecule has 104 valence electrons. The maximum absolute atomic E-state index is 13.4. The first kappa shape index (κ1) is 14.1. The fraction of sp³-hybridized carbons (Fsp3) is 0.294. The number of hydrogen-bond donors (Lipinski definition) is 0.